The molecule has 3 rings (SSSR count). The summed E-state index contributed by atoms with van der Waals surface area (Å²) in [7, 11) is 0. The van der Waals surface area contributed by atoms with Crippen molar-refractivity contribution in [3.8, 4) is 0 Å². The summed E-state index contributed by atoms with van der Waals surface area (Å²) in [5.41, 5.74) is 0.398. The Balaban J connectivity index is 1.83. The predicted molar refractivity (Wildman–Crippen MR) is 73.7 cm³/mol. The van der Waals surface area contributed by atoms with Gasteiger partial charge in [0.25, 0.3) is 0 Å². The van der Waals surface area contributed by atoms with Crippen LogP contribution < -0.4 is 5.32 Å². The summed E-state index contributed by atoms with van der Waals surface area (Å²) in [6, 6.07) is 3.28. The largest absolute Gasteiger partial charge is 0.432 e. The smallest absolute Gasteiger partial charge is 0.363 e. The van der Waals surface area contributed by atoms with E-state index in [1.807, 2.05) is 0 Å². The summed E-state index contributed by atoms with van der Waals surface area (Å²) in [6.07, 6.45) is -3.69. The molecular weight excluding hydrogens is 321 g/mol. The molecule has 0 aliphatic rings. The van der Waals surface area contributed by atoms with E-state index in [-0.39, 0.29) is 17.5 Å². The van der Waals surface area contributed by atoms with E-state index < -0.39 is 11.9 Å². The van der Waals surface area contributed by atoms with Crippen LogP contribution in [0.25, 0.3) is 5.65 Å². The van der Waals surface area contributed by atoms with Crippen molar-refractivity contribution in [2.45, 2.75) is 19.6 Å². The number of hydrogen-bond donors (Lipinski definition) is 2. The number of aryl methyl sites for hydroxylation is 1. The summed E-state index contributed by atoms with van der Waals surface area (Å²) in [4.78, 5) is 10.0. The van der Waals surface area contributed by atoms with E-state index >= 15 is 0 Å². The lowest BCUT2D eigenvalue weighted by molar-refractivity contribution is -0.140. The number of anilines is 1. The minimum absolute atomic E-state index is 0.0600. The highest BCUT2D eigenvalue weighted by atomic mass is 35.5. The van der Waals surface area contributed by atoms with Crippen molar-refractivity contribution in [1.82, 2.24) is 24.6 Å². The molecule has 0 saturated carbocycles. The number of nitrogens with one attached hydrogen (secondary N) is 2. The lowest BCUT2D eigenvalue weighted by Gasteiger charge is -2.07. The molecule has 0 spiro atoms. The molecule has 3 aromatic rings. The molecule has 0 saturated heterocycles. The van der Waals surface area contributed by atoms with Gasteiger partial charge in [0.2, 0.25) is 0 Å². The average Bonchev–Trinajstić information content (AvgIpc) is 3.00. The Hall–Kier alpha value is -2.29. The zero-order valence-corrected chi connectivity index (χ0v) is 12.0. The van der Waals surface area contributed by atoms with Crippen LogP contribution in [-0.4, -0.2) is 24.6 Å². The first-order chi connectivity index (χ1) is 10.3. The summed E-state index contributed by atoms with van der Waals surface area (Å²) in [5, 5.41) is 7.43. The second-order valence-electron chi connectivity index (χ2n) is 4.61. The molecule has 0 atom stereocenters. The van der Waals surface area contributed by atoms with Gasteiger partial charge < -0.3 is 10.3 Å². The van der Waals surface area contributed by atoms with Gasteiger partial charge in [-0.3, -0.25) is 0 Å². The summed E-state index contributed by atoms with van der Waals surface area (Å²) in [5.74, 6) is 0.658. The third-order valence-electron chi connectivity index (χ3n) is 2.89. The SMILES string of the molecule is Cc1cc2nc(Cl)cc(NCc3ncc(C(F)(F)F)[nH]3)n2n1. The topological polar surface area (TPSA) is 70.9 Å². The number of rotatable bonds is 3. The Morgan fingerprint density at radius 2 is 2.14 bits per heavy atom. The third kappa shape index (κ3) is 2.84. The summed E-state index contributed by atoms with van der Waals surface area (Å²) < 4.78 is 39.0. The van der Waals surface area contributed by atoms with Crippen LogP contribution in [-0.2, 0) is 12.7 Å². The number of nitrogens with zero attached hydrogens (tertiary/aromatic N) is 4. The van der Waals surface area contributed by atoms with Crippen LogP contribution >= 0.6 is 11.6 Å². The van der Waals surface area contributed by atoms with Crippen molar-refractivity contribution in [3.63, 3.8) is 0 Å². The molecule has 2 N–H and O–H groups in total. The van der Waals surface area contributed by atoms with Crippen molar-refractivity contribution in [2.24, 2.45) is 0 Å². The first-order valence-electron chi connectivity index (χ1n) is 6.21. The van der Waals surface area contributed by atoms with E-state index in [1.54, 1.807) is 13.0 Å². The van der Waals surface area contributed by atoms with Gasteiger partial charge in [-0.15, -0.1) is 0 Å². The fourth-order valence-electron chi connectivity index (χ4n) is 1.95. The van der Waals surface area contributed by atoms with Gasteiger partial charge in [0.05, 0.1) is 18.4 Å². The Labute approximate surface area is 127 Å². The van der Waals surface area contributed by atoms with Crippen molar-refractivity contribution in [3.05, 3.63) is 40.7 Å². The Morgan fingerprint density at radius 1 is 1.36 bits per heavy atom. The summed E-state index contributed by atoms with van der Waals surface area (Å²) in [6.45, 7) is 1.86. The highest BCUT2D eigenvalue weighted by Crippen LogP contribution is 2.27. The molecule has 10 heteroatoms. The quantitative estimate of drug-likeness (QED) is 0.724. The van der Waals surface area contributed by atoms with E-state index in [9.17, 15) is 13.2 Å². The van der Waals surface area contributed by atoms with Gasteiger partial charge in [-0.25, -0.2) is 9.97 Å². The van der Waals surface area contributed by atoms with Crippen molar-refractivity contribution < 1.29 is 13.2 Å². The molecule has 116 valence electrons. The van der Waals surface area contributed by atoms with Crippen molar-refractivity contribution in [2.75, 3.05) is 5.32 Å². The second-order valence-corrected chi connectivity index (χ2v) is 5.00. The Bertz CT molecular complexity index is 822. The normalized spacial score (nSPS) is 12.0. The molecule has 6 nitrogen and oxygen atoms in total. The van der Waals surface area contributed by atoms with Gasteiger partial charge in [-0.1, -0.05) is 11.6 Å². The van der Waals surface area contributed by atoms with Gasteiger partial charge in [-0.2, -0.15) is 22.8 Å². The predicted octanol–water partition coefficient (Wildman–Crippen LogP) is 3.05. The number of imidazole rings is 1. The van der Waals surface area contributed by atoms with Gasteiger partial charge >= 0.3 is 6.18 Å². The molecule has 0 unspecified atom stereocenters. The van der Waals surface area contributed by atoms with Crippen LogP contribution in [0.4, 0.5) is 19.0 Å². The van der Waals surface area contributed by atoms with Crippen molar-refractivity contribution in [1.29, 1.82) is 0 Å². The number of alkyl halides is 3. The lowest BCUT2D eigenvalue weighted by Crippen LogP contribution is -2.08. The van der Waals surface area contributed by atoms with Crippen LogP contribution in [0.2, 0.25) is 5.15 Å². The number of hydrogen-bond acceptors (Lipinski definition) is 4. The minimum Gasteiger partial charge on any atom is -0.363 e. The number of H-pyrrole nitrogens is 1. The van der Waals surface area contributed by atoms with Crippen LogP contribution in [0.3, 0.4) is 0 Å². The highest BCUT2D eigenvalue weighted by Gasteiger charge is 2.32. The third-order valence-corrected chi connectivity index (χ3v) is 3.08. The average molecular weight is 331 g/mol. The van der Waals surface area contributed by atoms with E-state index in [2.05, 4.69) is 25.4 Å². The van der Waals surface area contributed by atoms with Gasteiger partial charge in [0, 0.05) is 12.1 Å². The van der Waals surface area contributed by atoms with Gasteiger partial charge in [0.1, 0.15) is 22.5 Å². The molecule has 3 aromatic heterocycles. The van der Waals surface area contributed by atoms with E-state index in [0.29, 0.717) is 11.5 Å². The standard InChI is InChI=1S/C12H10ClF3N6/c1-6-2-11-20-8(13)3-10(22(11)21-6)18-5-9-17-4-7(19-9)12(14,15)16/h2-4,18H,5H2,1H3,(H,17,19). The molecule has 0 amide bonds. The fraction of sp³-hybridized carbons (Fsp3) is 0.250. The lowest BCUT2D eigenvalue weighted by atomic mass is 10.4. The van der Waals surface area contributed by atoms with E-state index in [0.717, 1.165) is 11.9 Å². The maximum absolute atomic E-state index is 12.5. The van der Waals surface area contributed by atoms with Crippen LogP contribution in [0.5, 0.6) is 0 Å². The minimum atomic E-state index is -4.45. The Kier molecular flexibility index (Phi) is 3.44. The molecular formula is C12H10ClF3N6. The highest BCUT2D eigenvalue weighted by molar-refractivity contribution is 6.29. The molecule has 0 aromatic carbocycles. The first kappa shape index (κ1) is 14.6. The molecule has 0 aliphatic heterocycles. The molecule has 0 fully saturated rings. The first-order valence-corrected chi connectivity index (χ1v) is 6.58. The van der Waals surface area contributed by atoms with Gasteiger partial charge in [0.15, 0.2) is 5.65 Å². The number of fused-ring (bicyclic) bond motifs is 1. The number of aromatic nitrogens is 5. The van der Waals surface area contributed by atoms with Crippen LogP contribution in [0, 0.1) is 6.92 Å². The summed E-state index contributed by atoms with van der Waals surface area (Å²) >= 11 is 5.91. The van der Waals surface area contributed by atoms with E-state index in [4.69, 9.17) is 11.6 Å². The Morgan fingerprint density at radius 3 is 2.82 bits per heavy atom. The number of halogens is 4. The van der Waals surface area contributed by atoms with Gasteiger partial charge in [-0.05, 0) is 6.92 Å². The second kappa shape index (κ2) is 5.16. The molecule has 3 heterocycles. The molecule has 0 bridgehead atoms. The zero-order chi connectivity index (χ0) is 15.9. The molecule has 0 aliphatic carbocycles. The van der Waals surface area contributed by atoms with Crippen LogP contribution in [0.15, 0.2) is 18.3 Å². The number of aromatic amines is 1. The van der Waals surface area contributed by atoms with Crippen LogP contribution in [0.1, 0.15) is 17.2 Å². The molecule has 0 radical (unpaired) electrons. The molecule has 22 heavy (non-hydrogen) atoms. The van der Waals surface area contributed by atoms with E-state index in [1.165, 1.54) is 10.6 Å². The maximum Gasteiger partial charge on any atom is 0.432 e. The maximum atomic E-state index is 12.5. The fourth-order valence-corrected chi connectivity index (χ4v) is 2.14. The zero-order valence-electron chi connectivity index (χ0n) is 11.2. The monoisotopic (exact) mass is 330 g/mol. The van der Waals surface area contributed by atoms with Crippen molar-refractivity contribution >= 4 is 23.1 Å².